The molecule has 4 aromatic rings. The zero-order valence-electron chi connectivity index (χ0n) is 17.1. The van der Waals surface area contributed by atoms with Crippen molar-refractivity contribution in [1.29, 1.82) is 5.26 Å². The fourth-order valence-electron chi connectivity index (χ4n) is 2.93. The van der Waals surface area contributed by atoms with Crippen LogP contribution < -0.4 is 11.2 Å². The lowest BCUT2D eigenvalue weighted by Gasteiger charge is -2.07. The SMILES string of the molecule is CC(=NNC(=O)c1nnn(-c2nonc2N)c1-c1ccc(C)cc1)c1ccc(C#N)cc1. The van der Waals surface area contributed by atoms with Gasteiger partial charge < -0.3 is 5.73 Å². The maximum absolute atomic E-state index is 12.9. The summed E-state index contributed by atoms with van der Waals surface area (Å²) < 4.78 is 5.96. The van der Waals surface area contributed by atoms with Gasteiger partial charge in [-0.3, -0.25) is 4.79 Å². The van der Waals surface area contributed by atoms with Crippen LogP contribution >= 0.6 is 0 Å². The van der Waals surface area contributed by atoms with E-state index in [0.29, 0.717) is 22.5 Å². The number of amides is 1. The number of hydrogen-bond acceptors (Lipinski definition) is 9. The Morgan fingerprint density at radius 3 is 2.50 bits per heavy atom. The fraction of sp³-hybridized carbons (Fsp3) is 0.0952. The summed E-state index contributed by atoms with van der Waals surface area (Å²) in [5.41, 5.74) is 12.2. The highest BCUT2D eigenvalue weighted by atomic mass is 16.6. The predicted molar refractivity (Wildman–Crippen MR) is 115 cm³/mol. The molecule has 2 heterocycles. The Labute approximate surface area is 182 Å². The molecule has 4 rings (SSSR count). The van der Waals surface area contributed by atoms with Gasteiger partial charge in [0.15, 0.2) is 5.69 Å². The van der Waals surface area contributed by atoms with E-state index in [9.17, 15) is 4.79 Å². The lowest BCUT2D eigenvalue weighted by molar-refractivity contribution is 0.0950. The van der Waals surface area contributed by atoms with Crippen LogP contribution in [0.2, 0.25) is 0 Å². The lowest BCUT2D eigenvalue weighted by atomic mass is 10.1. The third-order valence-corrected chi connectivity index (χ3v) is 4.66. The number of aromatic nitrogens is 5. The first-order valence-electron chi connectivity index (χ1n) is 9.44. The molecule has 158 valence electrons. The maximum atomic E-state index is 12.9. The van der Waals surface area contributed by atoms with Gasteiger partial charge in [0.1, 0.15) is 5.69 Å². The fourth-order valence-corrected chi connectivity index (χ4v) is 2.93. The number of aryl methyl sites for hydroxylation is 1. The van der Waals surface area contributed by atoms with Gasteiger partial charge in [0.2, 0.25) is 11.6 Å². The monoisotopic (exact) mass is 427 g/mol. The van der Waals surface area contributed by atoms with Crippen LogP contribution in [-0.4, -0.2) is 36.9 Å². The molecule has 0 fully saturated rings. The van der Waals surface area contributed by atoms with Crippen molar-refractivity contribution in [2.45, 2.75) is 13.8 Å². The minimum atomic E-state index is -0.574. The van der Waals surface area contributed by atoms with Crippen molar-refractivity contribution in [2.75, 3.05) is 5.73 Å². The van der Waals surface area contributed by atoms with Gasteiger partial charge in [-0.05, 0) is 41.9 Å². The van der Waals surface area contributed by atoms with E-state index >= 15 is 0 Å². The average molecular weight is 427 g/mol. The summed E-state index contributed by atoms with van der Waals surface area (Å²) in [4.78, 5) is 12.9. The van der Waals surface area contributed by atoms with E-state index in [1.165, 1.54) is 4.68 Å². The molecule has 0 atom stereocenters. The van der Waals surface area contributed by atoms with Crippen molar-refractivity contribution >= 4 is 17.4 Å². The van der Waals surface area contributed by atoms with Crippen molar-refractivity contribution in [2.24, 2.45) is 5.10 Å². The lowest BCUT2D eigenvalue weighted by Crippen LogP contribution is -2.21. The number of benzene rings is 2. The van der Waals surface area contributed by atoms with E-state index in [4.69, 9.17) is 11.0 Å². The third kappa shape index (κ3) is 3.92. The van der Waals surface area contributed by atoms with Crippen LogP contribution in [0.3, 0.4) is 0 Å². The second-order valence-electron chi connectivity index (χ2n) is 6.86. The second kappa shape index (κ2) is 8.49. The molecule has 0 aliphatic heterocycles. The Kier molecular flexibility index (Phi) is 5.42. The number of nitrogens with zero attached hydrogens (tertiary/aromatic N) is 7. The normalized spacial score (nSPS) is 11.2. The molecule has 32 heavy (non-hydrogen) atoms. The quantitative estimate of drug-likeness (QED) is 0.362. The Hall–Kier alpha value is -4.85. The molecule has 0 bridgehead atoms. The van der Waals surface area contributed by atoms with E-state index in [2.05, 4.69) is 41.9 Å². The highest BCUT2D eigenvalue weighted by Crippen LogP contribution is 2.26. The van der Waals surface area contributed by atoms with E-state index in [-0.39, 0.29) is 17.3 Å². The standard InChI is InChI=1S/C21H17N9O2/c1-12-3-7-16(8-4-12)18-17(25-29-30(18)20-19(23)27-32-28-20)21(31)26-24-13(2)15-9-5-14(11-22)6-10-15/h3-10H,1-2H3,(H2,23,27)(H,26,31). The summed E-state index contributed by atoms with van der Waals surface area (Å²) in [5, 5.41) is 28.4. The number of rotatable bonds is 5. The van der Waals surface area contributed by atoms with Gasteiger partial charge in [0.25, 0.3) is 5.91 Å². The summed E-state index contributed by atoms with van der Waals surface area (Å²) >= 11 is 0. The highest BCUT2D eigenvalue weighted by molar-refractivity contribution is 6.02. The zero-order valence-corrected chi connectivity index (χ0v) is 17.1. The van der Waals surface area contributed by atoms with Crippen LogP contribution in [0.1, 0.15) is 34.1 Å². The van der Waals surface area contributed by atoms with Crippen LogP contribution in [0.15, 0.2) is 58.3 Å². The Morgan fingerprint density at radius 2 is 1.88 bits per heavy atom. The zero-order chi connectivity index (χ0) is 22.7. The number of nitrogens with two attached hydrogens (primary N) is 1. The predicted octanol–water partition coefficient (Wildman–Crippen LogP) is 2.23. The summed E-state index contributed by atoms with van der Waals surface area (Å²) in [6.45, 7) is 3.69. The average Bonchev–Trinajstić information content (AvgIpc) is 3.43. The summed E-state index contributed by atoms with van der Waals surface area (Å²) in [6.07, 6.45) is 0. The van der Waals surface area contributed by atoms with Gasteiger partial charge in [0.05, 0.1) is 17.3 Å². The molecule has 0 aliphatic rings. The molecule has 1 amide bonds. The molecule has 11 heteroatoms. The minimum Gasteiger partial charge on any atom is -0.378 e. The van der Waals surface area contributed by atoms with Crippen molar-refractivity contribution in [3.05, 3.63) is 70.9 Å². The molecule has 0 unspecified atom stereocenters. The first kappa shape index (κ1) is 20.4. The summed E-state index contributed by atoms with van der Waals surface area (Å²) in [5.74, 6) is -0.455. The van der Waals surface area contributed by atoms with Crippen molar-refractivity contribution in [3.63, 3.8) is 0 Å². The van der Waals surface area contributed by atoms with Gasteiger partial charge in [0, 0.05) is 5.56 Å². The first-order valence-corrected chi connectivity index (χ1v) is 9.44. The second-order valence-corrected chi connectivity index (χ2v) is 6.86. The Bertz CT molecular complexity index is 1340. The molecule has 0 saturated carbocycles. The molecule has 11 nitrogen and oxygen atoms in total. The van der Waals surface area contributed by atoms with Crippen LogP contribution in [0.25, 0.3) is 17.1 Å². The van der Waals surface area contributed by atoms with Crippen molar-refractivity contribution in [1.82, 2.24) is 30.7 Å². The maximum Gasteiger partial charge on any atom is 0.294 e. The Balaban J connectivity index is 1.69. The molecule has 0 saturated heterocycles. The largest absolute Gasteiger partial charge is 0.378 e. The Morgan fingerprint density at radius 1 is 1.16 bits per heavy atom. The van der Waals surface area contributed by atoms with Crippen LogP contribution in [-0.2, 0) is 0 Å². The molecule has 2 aromatic heterocycles. The number of anilines is 1. The van der Waals surface area contributed by atoms with Crippen LogP contribution in [0, 0.1) is 18.3 Å². The molecule has 0 aliphatic carbocycles. The number of carbonyl (C=O) groups is 1. The van der Waals surface area contributed by atoms with Gasteiger partial charge in [-0.2, -0.15) is 15.0 Å². The third-order valence-electron chi connectivity index (χ3n) is 4.66. The first-order chi connectivity index (χ1) is 15.5. The van der Waals surface area contributed by atoms with E-state index in [1.807, 2.05) is 31.2 Å². The number of hydrogen-bond donors (Lipinski definition) is 2. The van der Waals surface area contributed by atoms with Crippen LogP contribution in [0.4, 0.5) is 5.82 Å². The van der Waals surface area contributed by atoms with Gasteiger partial charge >= 0.3 is 0 Å². The smallest absolute Gasteiger partial charge is 0.294 e. The number of nitriles is 1. The van der Waals surface area contributed by atoms with Gasteiger partial charge in [-0.15, -0.1) is 5.10 Å². The molecular formula is C21H17N9O2. The number of nitrogens with one attached hydrogen (secondary N) is 1. The van der Waals surface area contributed by atoms with Crippen molar-refractivity contribution in [3.8, 4) is 23.1 Å². The van der Waals surface area contributed by atoms with Crippen molar-refractivity contribution < 1.29 is 9.42 Å². The molecule has 0 radical (unpaired) electrons. The molecule has 0 spiro atoms. The van der Waals surface area contributed by atoms with E-state index < -0.39 is 5.91 Å². The molecular weight excluding hydrogens is 410 g/mol. The van der Waals surface area contributed by atoms with E-state index in [0.717, 1.165) is 11.1 Å². The molecule has 3 N–H and O–H groups in total. The topological polar surface area (TPSA) is 161 Å². The minimum absolute atomic E-state index is 0.00454. The number of carbonyl (C=O) groups excluding carboxylic acids is 1. The van der Waals surface area contributed by atoms with Gasteiger partial charge in [-0.25, -0.2) is 10.1 Å². The number of hydrazone groups is 1. The van der Waals surface area contributed by atoms with Crippen LogP contribution in [0.5, 0.6) is 0 Å². The number of nitrogen functional groups attached to an aromatic ring is 1. The highest BCUT2D eigenvalue weighted by Gasteiger charge is 2.25. The summed E-state index contributed by atoms with van der Waals surface area (Å²) in [6, 6.07) is 16.3. The van der Waals surface area contributed by atoms with Gasteiger partial charge in [-0.1, -0.05) is 47.2 Å². The summed E-state index contributed by atoms with van der Waals surface area (Å²) in [7, 11) is 0. The van der Waals surface area contributed by atoms with E-state index in [1.54, 1.807) is 31.2 Å². The molecule has 2 aromatic carbocycles.